The lowest BCUT2D eigenvalue weighted by Gasteiger charge is -2.15. The number of carbonyl (C=O) groups excluding carboxylic acids is 1. The van der Waals surface area contributed by atoms with E-state index in [-0.39, 0.29) is 11.7 Å². The maximum atomic E-state index is 12.5. The molecule has 0 aliphatic rings. The molecule has 156 valence electrons. The highest BCUT2D eigenvalue weighted by atomic mass is 19.3. The third-order valence-corrected chi connectivity index (χ3v) is 4.69. The fourth-order valence-corrected chi connectivity index (χ4v) is 3.13. The van der Waals surface area contributed by atoms with Gasteiger partial charge in [-0.2, -0.15) is 13.9 Å². The predicted molar refractivity (Wildman–Crippen MR) is 112 cm³/mol. The number of benzene rings is 2. The Labute approximate surface area is 174 Å². The summed E-state index contributed by atoms with van der Waals surface area (Å²) in [5.41, 5.74) is 4.44. The Morgan fingerprint density at radius 3 is 2.43 bits per heavy atom. The standard InChI is InChI=1S/C23H23F2N3O2/c1-16-21(17(2)28(26-16)19-7-5-4-6-8-19)13-14-22(29)27(3)15-18-9-11-20(12-10-18)30-23(24)25/h4-14,23H,15H2,1-3H3. The lowest BCUT2D eigenvalue weighted by molar-refractivity contribution is -0.125. The normalized spacial score (nSPS) is 11.3. The van der Waals surface area contributed by atoms with Crippen LogP contribution in [0.4, 0.5) is 8.78 Å². The average molecular weight is 411 g/mol. The molecular formula is C23H23F2N3O2. The summed E-state index contributed by atoms with van der Waals surface area (Å²) in [4.78, 5) is 14.1. The van der Waals surface area contributed by atoms with Crippen LogP contribution in [0.1, 0.15) is 22.5 Å². The monoisotopic (exact) mass is 411 g/mol. The highest BCUT2D eigenvalue weighted by Gasteiger charge is 2.12. The highest BCUT2D eigenvalue weighted by Crippen LogP contribution is 2.20. The Balaban J connectivity index is 1.67. The van der Waals surface area contributed by atoms with E-state index in [1.165, 1.54) is 18.2 Å². The first-order valence-electron chi connectivity index (χ1n) is 9.43. The smallest absolute Gasteiger partial charge is 0.387 e. The molecule has 0 fully saturated rings. The Morgan fingerprint density at radius 1 is 1.13 bits per heavy atom. The summed E-state index contributed by atoms with van der Waals surface area (Å²) < 4.78 is 30.6. The molecule has 0 aliphatic heterocycles. The van der Waals surface area contributed by atoms with E-state index in [4.69, 9.17) is 0 Å². The summed E-state index contributed by atoms with van der Waals surface area (Å²) in [5.74, 6) is -0.0850. The van der Waals surface area contributed by atoms with Gasteiger partial charge in [0, 0.05) is 30.9 Å². The molecule has 0 unspecified atom stereocenters. The Bertz CT molecular complexity index is 1030. The second kappa shape index (κ2) is 9.35. The number of hydrogen-bond acceptors (Lipinski definition) is 3. The van der Waals surface area contributed by atoms with Crippen LogP contribution in [0.3, 0.4) is 0 Å². The second-order valence-electron chi connectivity index (χ2n) is 6.88. The third-order valence-electron chi connectivity index (χ3n) is 4.69. The van der Waals surface area contributed by atoms with Crippen molar-refractivity contribution in [2.75, 3.05) is 7.05 Å². The number of ether oxygens (including phenoxy) is 1. The van der Waals surface area contributed by atoms with Gasteiger partial charge in [0.25, 0.3) is 0 Å². The van der Waals surface area contributed by atoms with Crippen LogP contribution in [0.2, 0.25) is 0 Å². The van der Waals surface area contributed by atoms with E-state index in [9.17, 15) is 13.6 Å². The molecule has 1 amide bonds. The van der Waals surface area contributed by atoms with Gasteiger partial charge in [-0.05, 0) is 49.8 Å². The molecule has 1 aromatic heterocycles. The van der Waals surface area contributed by atoms with Crippen LogP contribution in [0.25, 0.3) is 11.8 Å². The minimum Gasteiger partial charge on any atom is -0.435 e. The molecular weight excluding hydrogens is 388 g/mol. The van der Waals surface area contributed by atoms with Crippen molar-refractivity contribution in [3.8, 4) is 11.4 Å². The molecule has 2 aromatic carbocycles. The van der Waals surface area contributed by atoms with Crippen LogP contribution in [-0.4, -0.2) is 34.2 Å². The molecule has 0 aliphatic carbocycles. The van der Waals surface area contributed by atoms with Crippen LogP contribution < -0.4 is 4.74 Å². The number of amides is 1. The predicted octanol–water partition coefficient (Wildman–Crippen LogP) is 4.76. The molecule has 0 N–H and O–H groups in total. The summed E-state index contributed by atoms with van der Waals surface area (Å²) in [6.45, 7) is 1.36. The summed E-state index contributed by atoms with van der Waals surface area (Å²) in [6, 6.07) is 16.0. The van der Waals surface area contributed by atoms with E-state index in [1.807, 2.05) is 48.9 Å². The van der Waals surface area contributed by atoms with E-state index >= 15 is 0 Å². The van der Waals surface area contributed by atoms with Crippen LogP contribution in [0, 0.1) is 13.8 Å². The second-order valence-corrected chi connectivity index (χ2v) is 6.88. The molecule has 0 atom stereocenters. The van der Waals surface area contributed by atoms with Crippen LogP contribution in [-0.2, 0) is 11.3 Å². The highest BCUT2D eigenvalue weighted by molar-refractivity contribution is 5.91. The summed E-state index contributed by atoms with van der Waals surface area (Å²) in [5, 5.41) is 4.57. The lowest BCUT2D eigenvalue weighted by atomic mass is 10.1. The molecule has 7 heteroatoms. The number of alkyl halides is 2. The first-order chi connectivity index (χ1) is 14.3. The molecule has 3 rings (SSSR count). The van der Waals surface area contributed by atoms with Crippen molar-refractivity contribution in [2.45, 2.75) is 27.0 Å². The van der Waals surface area contributed by atoms with Gasteiger partial charge in [0.2, 0.25) is 5.91 Å². The number of halogens is 2. The van der Waals surface area contributed by atoms with E-state index in [0.717, 1.165) is 28.2 Å². The molecule has 5 nitrogen and oxygen atoms in total. The fraction of sp³-hybridized carbons (Fsp3) is 0.217. The Morgan fingerprint density at radius 2 is 1.80 bits per heavy atom. The molecule has 0 bridgehead atoms. The maximum absolute atomic E-state index is 12.5. The van der Waals surface area contributed by atoms with E-state index < -0.39 is 6.61 Å². The average Bonchev–Trinajstić information content (AvgIpc) is 3.01. The quantitative estimate of drug-likeness (QED) is 0.527. The van der Waals surface area contributed by atoms with E-state index in [1.54, 1.807) is 30.2 Å². The van der Waals surface area contributed by atoms with Crippen molar-refractivity contribution in [1.82, 2.24) is 14.7 Å². The van der Waals surface area contributed by atoms with Crippen molar-refractivity contribution in [3.05, 3.63) is 83.2 Å². The number of likely N-dealkylation sites (N-methyl/N-ethyl adjacent to an activating group) is 1. The van der Waals surface area contributed by atoms with Gasteiger partial charge in [0.15, 0.2) is 0 Å². The summed E-state index contributed by atoms with van der Waals surface area (Å²) >= 11 is 0. The van der Waals surface area contributed by atoms with E-state index in [0.29, 0.717) is 6.54 Å². The molecule has 30 heavy (non-hydrogen) atoms. The van der Waals surface area contributed by atoms with Gasteiger partial charge in [-0.1, -0.05) is 30.3 Å². The van der Waals surface area contributed by atoms with Crippen LogP contribution in [0.5, 0.6) is 5.75 Å². The van der Waals surface area contributed by atoms with Crippen molar-refractivity contribution in [2.24, 2.45) is 0 Å². The van der Waals surface area contributed by atoms with Gasteiger partial charge in [-0.15, -0.1) is 0 Å². The Hall–Kier alpha value is -3.48. The fourth-order valence-electron chi connectivity index (χ4n) is 3.13. The molecule has 0 saturated carbocycles. The molecule has 0 radical (unpaired) electrons. The topological polar surface area (TPSA) is 47.4 Å². The van der Waals surface area contributed by atoms with Crippen LogP contribution in [0.15, 0.2) is 60.7 Å². The van der Waals surface area contributed by atoms with Crippen LogP contribution >= 0.6 is 0 Å². The van der Waals surface area contributed by atoms with Crippen molar-refractivity contribution < 1.29 is 18.3 Å². The molecule has 3 aromatic rings. The SMILES string of the molecule is Cc1nn(-c2ccccc2)c(C)c1C=CC(=O)N(C)Cc1ccc(OC(F)F)cc1. The first-order valence-corrected chi connectivity index (χ1v) is 9.43. The van der Waals surface area contributed by atoms with Gasteiger partial charge >= 0.3 is 6.61 Å². The van der Waals surface area contributed by atoms with Crippen molar-refractivity contribution in [1.29, 1.82) is 0 Å². The van der Waals surface area contributed by atoms with Gasteiger partial charge in [0.05, 0.1) is 11.4 Å². The van der Waals surface area contributed by atoms with Crippen molar-refractivity contribution >= 4 is 12.0 Å². The van der Waals surface area contributed by atoms with Gasteiger partial charge in [-0.25, -0.2) is 4.68 Å². The molecule has 1 heterocycles. The zero-order chi connectivity index (χ0) is 21.7. The minimum atomic E-state index is -2.86. The largest absolute Gasteiger partial charge is 0.435 e. The Kier molecular flexibility index (Phi) is 6.61. The first kappa shape index (κ1) is 21.2. The number of para-hydroxylation sites is 1. The lowest BCUT2D eigenvalue weighted by Crippen LogP contribution is -2.24. The zero-order valence-electron chi connectivity index (χ0n) is 17.0. The van der Waals surface area contributed by atoms with Gasteiger partial charge in [0.1, 0.15) is 5.75 Å². The number of nitrogens with zero attached hydrogens (tertiary/aromatic N) is 3. The number of aryl methyl sites for hydroxylation is 1. The minimum absolute atomic E-state index is 0.0870. The zero-order valence-corrected chi connectivity index (χ0v) is 17.0. The number of hydrogen-bond donors (Lipinski definition) is 0. The molecule has 0 saturated heterocycles. The van der Waals surface area contributed by atoms with Crippen molar-refractivity contribution in [3.63, 3.8) is 0 Å². The van der Waals surface area contributed by atoms with E-state index in [2.05, 4.69) is 9.84 Å². The van der Waals surface area contributed by atoms with Gasteiger partial charge < -0.3 is 9.64 Å². The summed E-state index contributed by atoms with van der Waals surface area (Å²) in [7, 11) is 1.68. The molecule has 0 spiro atoms. The maximum Gasteiger partial charge on any atom is 0.387 e. The summed E-state index contributed by atoms with van der Waals surface area (Å²) in [6.07, 6.45) is 3.29. The third kappa shape index (κ3) is 5.11. The number of aromatic nitrogens is 2. The number of carbonyl (C=O) groups is 1. The van der Waals surface area contributed by atoms with Gasteiger partial charge in [-0.3, -0.25) is 4.79 Å². The number of rotatable bonds is 7.